The van der Waals surface area contributed by atoms with E-state index in [9.17, 15) is 0 Å². The molecule has 0 atom stereocenters. The fourth-order valence-corrected chi connectivity index (χ4v) is 2.24. The summed E-state index contributed by atoms with van der Waals surface area (Å²) in [4.78, 5) is 22.8. The van der Waals surface area contributed by atoms with Crippen molar-refractivity contribution in [2.75, 3.05) is 0 Å². The van der Waals surface area contributed by atoms with Crippen molar-refractivity contribution in [2.24, 2.45) is 0 Å². The molecule has 0 spiro atoms. The Kier molecular flexibility index (Phi) is 6.98. The lowest BCUT2D eigenvalue weighted by atomic mass is 9.71. The van der Waals surface area contributed by atoms with Gasteiger partial charge in [-0.1, -0.05) is 38.1 Å². The van der Waals surface area contributed by atoms with Crippen LogP contribution in [-0.4, -0.2) is 16.8 Å². The molecule has 1 aromatic carbocycles. The monoisotopic (exact) mass is 380 g/mol. The van der Waals surface area contributed by atoms with Gasteiger partial charge in [0.2, 0.25) is 0 Å². The maximum absolute atomic E-state index is 5.87. The molecule has 0 heterocycles. The Hall–Kier alpha value is -0.940. The molecule has 0 saturated carbocycles. The van der Waals surface area contributed by atoms with Gasteiger partial charge in [0.15, 0.2) is 0 Å². The molecule has 0 aromatic heterocycles. The van der Waals surface area contributed by atoms with Crippen LogP contribution in [0.2, 0.25) is 0 Å². The van der Waals surface area contributed by atoms with Crippen LogP contribution in [0.1, 0.15) is 94.2 Å². The van der Waals surface area contributed by atoms with E-state index in [2.05, 4.69) is 52.0 Å². The van der Waals surface area contributed by atoms with Crippen LogP contribution in [-0.2, 0) is 30.6 Å². The number of hydrogen-bond donors (Lipinski definition) is 0. The minimum Gasteiger partial charge on any atom is -0.230 e. The van der Waals surface area contributed by atoms with Crippen molar-refractivity contribution in [3.8, 4) is 0 Å². The third-order valence-electron chi connectivity index (χ3n) is 4.78. The highest BCUT2D eigenvalue weighted by atomic mass is 17.2. The molecule has 0 N–H and O–H groups in total. The topological polar surface area (TPSA) is 36.9 Å². The van der Waals surface area contributed by atoms with E-state index < -0.39 is 11.2 Å². The predicted octanol–water partition coefficient (Wildman–Crippen LogP) is 6.47. The van der Waals surface area contributed by atoms with Crippen molar-refractivity contribution >= 4 is 0 Å². The minimum atomic E-state index is -0.577. The van der Waals surface area contributed by atoms with Crippen molar-refractivity contribution in [3.05, 3.63) is 35.4 Å². The van der Waals surface area contributed by atoms with Gasteiger partial charge in [-0.15, -0.1) is 0 Å². The molecular weight excluding hydrogens is 340 g/mol. The molecule has 1 aromatic rings. The molecule has 0 fully saturated rings. The molecule has 4 nitrogen and oxygen atoms in total. The summed E-state index contributed by atoms with van der Waals surface area (Å²) in [5, 5.41) is 0. The Morgan fingerprint density at radius 3 is 1.48 bits per heavy atom. The molecule has 0 radical (unpaired) electrons. The van der Waals surface area contributed by atoms with Crippen LogP contribution in [0.25, 0.3) is 0 Å². The van der Waals surface area contributed by atoms with Gasteiger partial charge in [-0.05, 0) is 80.4 Å². The highest BCUT2D eigenvalue weighted by molar-refractivity contribution is 5.34. The van der Waals surface area contributed by atoms with Gasteiger partial charge in [0.1, 0.15) is 11.2 Å². The maximum Gasteiger partial charge on any atom is 0.123 e. The van der Waals surface area contributed by atoms with Crippen LogP contribution in [0.5, 0.6) is 0 Å². The lowest BCUT2D eigenvalue weighted by Crippen LogP contribution is -2.46. The SMILES string of the molecule is CC(C)(C)OOC(C)(C)c1cccc(C(C)(C)C(C)(C)OOC(C)(C)C)c1. The molecule has 0 saturated heterocycles. The number of rotatable bonds is 7. The first-order valence-corrected chi connectivity index (χ1v) is 9.72. The van der Waals surface area contributed by atoms with Gasteiger partial charge in [0.05, 0.1) is 11.2 Å². The molecular formula is C23H40O4. The third kappa shape index (κ3) is 6.86. The standard InChI is InChI=1S/C23H40O4/c1-19(2,3)24-26-22(9,10)18-15-13-14-17(16-18)21(7,8)23(11,12)27-25-20(4,5)6/h13-16H,1-12H3. The first-order chi connectivity index (χ1) is 11.9. The Morgan fingerprint density at radius 1 is 0.556 bits per heavy atom. The van der Waals surface area contributed by atoms with E-state index in [0.717, 1.165) is 11.1 Å². The van der Waals surface area contributed by atoms with Gasteiger partial charge in [0.25, 0.3) is 0 Å². The van der Waals surface area contributed by atoms with Gasteiger partial charge in [-0.2, -0.15) is 0 Å². The molecule has 1 rings (SSSR count). The van der Waals surface area contributed by atoms with Gasteiger partial charge in [-0.25, -0.2) is 19.6 Å². The Labute approximate surface area is 166 Å². The summed E-state index contributed by atoms with van der Waals surface area (Å²) in [6.07, 6.45) is 0. The average Bonchev–Trinajstić information content (AvgIpc) is 2.50. The molecule has 0 amide bonds. The number of benzene rings is 1. The second-order valence-electron chi connectivity index (χ2n) is 10.8. The van der Waals surface area contributed by atoms with E-state index in [4.69, 9.17) is 19.6 Å². The summed E-state index contributed by atoms with van der Waals surface area (Å²) < 4.78 is 0. The second kappa shape index (κ2) is 7.82. The molecule has 156 valence electrons. The zero-order valence-electron chi connectivity index (χ0n) is 19.4. The summed E-state index contributed by atoms with van der Waals surface area (Å²) in [5.41, 5.74) is 0.0523. The maximum atomic E-state index is 5.87. The smallest absolute Gasteiger partial charge is 0.123 e. The highest BCUT2D eigenvalue weighted by Crippen LogP contribution is 2.40. The first kappa shape index (κ1) is 24.1. The van der Waals surface area contributed by atoms with Gasteiger partial charge >= 0.3 is 0 Å². The van der Waals surface area contributed by atoms with E-state index in [-0.39, 0.29) is 16.6 Å². The normalized spacial score (nSPS) is 14.5. The van der Waals surface area contributed by atoms with E-state index in [1.807, 2.05) is 55.4 Å². The minimum absolute atomic E-state index is 0.296. The average molecular weight is 381 g/mol. The summed E-state index contributed by atoms with van der Waals surface area (Å²) >= 11 is 0. The summed E-state index contributed by atoms with van der Waals surface area (Å²) in [5.74, 6) is 0. The van der Waals surface area contributed by atoms with Crippen molar-refractivity contribution in [1.29, 1.82) is 0 Å². The fraction of sp³-hybridized carbons (Fsp3) is 0.739. The van der Waals surface area contributed by atoms with Crippen molar-refractivity contribution in [2.45, 2.75) is 111 Å². The van der Waals surface area contributed by atoms with E-state index in [1.54, 1.807) is 0 Å². The fourth-order valence-electron chi connectivity index (χ4n) is 2.24. The lowest BCUT2D eigenvalue weighted by Gasteiger charge is -2.42. The molecule has 0 aliphatic heterocycles. The van der Waals surface area contributed by atoms with Crippen molar-refractivity contribution in [1.82, 2.24) is 0 Å². The van der Waals surface area contributed by atoms with Gasteiger partial charge in [0, 0.05) is 5.41 Å². The molecule has 4 heteroatoms. The van der Waals surface area contributed by atoms with Crippen molar-refractivity contribution < 1.29 is 19.6 Å². The first-order valence-electron chi connectivity index (χ1n) is 9.72. The zero-order chi connectivity index (χ0) is 21.3. The second-order valence-corrected chi connectivity index (χ2v) is 10.8. The number of hydrogen-bond acceptors (Lipinski definition) is 4. The zero-order valence-corrected chi connectivity index (χ0v) is 19.4. The van der Waals surface area contributed by atoms with E-state index in [0.29, 0.717) is 0 Å². The molecule has 0 aliphatic carbocycles. The van der Waals surface area contributed by atoms with Crippen molar-refractivity contribution in [3.63, 3.8) is 0 Å². The van der Waals surface area contributed by atoms with Crippen LogP contribution in [0.4, 0.5) is 0 Å². The summed E-state index contributed by atoms with van der Waals surface area (Å²) in [7, 11) is 0. The van der Waals surface area contributed by atoms with Gasteiger partial charge in [-0.3, -0.25) is 0 Å². The molecule has 0 bridgehead atoms. The van der Waals surface area contributed by atoms with Gasteiger partial charge < -0.3 is 0 Å². The largest absolute Gasteiger partial charge is 0.230 e. The predicted molar refractivity (Wildman–Crippen MR) is 110 cm³/mol. The lowest BCUT2D eigenvalue weighted by molar-refractivity contribution is -0.407. The third-order valence-corrected chi connectivity index (χ3v) is 4.78. The molecule has 0 unspecified atom stereocenters. The summed E-state index contributed by atoms with van der Waals surface area (Å²) in [6.45, 7) is 24.3. The highest BCUT2D eigenvalue weighted by Gasteiger charge is 2.42. The summed E-state index contributed by atoms with van der Waals surface area (Å²) in [6, 6.07) is 8.39. The Bertz CT molecular complexity index is 616. The van der Waals surface area contributed by atoms with Crippen LogP contribution in [0.3, 0.4) is 0 Å². The van der Waals surface area contributed by atoms with Crippen LogP contribution in [0, 0.1) is 0 Å². The van der Waals surface area contributed by atoms with Crippen LogP contribution >= 0.6 is 0 Å². The van der Waals surface area contributed by atoms with E-state index >= 15 is 0 Å². The molecule has 27 heavy (non-hydrogen) atoms. The van der Waals surface area contributed by atoms with Crippen LogP contribution in [0.15, 0.2) is 24.3 Å². The van der Waals surface area contributed by atoms with E-state index in [1.165, 1.54) is 0 Å². The molecule has 0 aliphatic rings. The Morgan fingerprint density at radius 2 is 1.00 bits per heavy atom. The quantitative estimate of drug-likeness (QED) is 0.401. The Balaban J connectivity index is 3.11. The van der Waals surface area contributed by atoms with Crippen LogP contribution < -0.4 is 0 Å².